The van der Waals surface area contributed by atoms with Gasteiger partial charge in [-0.2, -0.15) is 4.98 Å². The molecule has 1 aliphatic heterocycles. The van der Waals surface area contributed by atoms with Crippen molar-refractivity contribution in [3.63, 3.8) is 0 Å². The molecule has 1 aliphatic rings. The second kappa shape index (κ2) is 4.77. The topological polar surface area (TPSA) is 58.0 Å². The van der Waals surface area contributed by atoms with Crippen molar-refractivity contribution in [2.24, 2.45) is 0 Å². The summed E-state index contributed by atoms with van der Waals surface area (Å²) in [5, 5.41) is 0. The first-order chi connectivity index (χ1) is 10.2. The van der Waals surface area contributed by atoms with Crippen LogP contribution in [0.4, 0.5) is 11.8 Å². The molecule has 3 aromatic rings. The number of rotatable bonds is 2. The van der Waals surface area contributed by atoms with Crippen molar-refractivity contribution in [1.82, 2.24) is 19.9 Å². The van der Waals surface area contributed by atoms with Crippen molar-refractivity contribution in [2.75, 3.05) is 37.0 Å². The summed E-state index contributed by atoms with van der Waals surface area (Å²) < 4.78 is 1.10. The van der Waals surface area contributed by atoms with E-state index in [9.17, 15) is 0 Å². The molecule has 6 nitrogen and oxygen atoms in total. The molecule has 7 heteroatoms. The second-order valence-corrected chi connectivity index (χ2v) is 6.42. The highest BCUT2D eigenvalue weighted by molar-refractivity contribution is 7.25. The number of anilines is 2. The predicted octanol–water partition coefficient (Wildman–Crippen LogP) is 2.30. The summed E-state index contributed by atoms with van der Waals surface area (Å²) in [4.78, 5) is 23.6. The van der Waals surface area contributed by atoms with E-state index in [-0.39, 0.29) is 0 Å². The van der Waals surface area contributed by atoms with Crippen LogP contribution in [0.15, 0.2) is 12.4 Å². The zero-order chi connectivity index (χ0) is 14.4. The molecule has 0 radical (unpaired) electrons. The molecule has 0 spiro atoms. The van der Waals surface area contributed by atoms with Gasteiger partial charge in [0.25, 0.3) is 0 Å². The van der Waals surface area contributed by atoms with Crippen molar-refractivity contribution < 1.29 is 0 Å². The first-order valence-electron chi connectivity index (χ1n) is 7.07. The van der Waals surface area contributed by atoms with E-state index in [2.05, 4.69) is 14.9 Å². The summed E-state index contributed by atoms with van der Waals surface area (Å²) in [5.74, 6) is 1.76. The monoisotopic (exact) mass is 300 g/mol. The van der Waals surface area contributed by atoms with Gasteiger partial charge in [0.05, 0.1) is 0 Å². The molecule has 0 bridgehead atoms. The molecular weight excluding hydrogens is 284 g/mol. The minimum atomic E-state index is 0.731. The Hall–Kier alpha value is -2.02. The third-order valence-electron chi connectivity index (χ3n) is 3.73. The van der Waals surface area contributed by atoms with Crippen molar-refractivity contribution in [3.8, 4) is 0 Å². The summed E-state index contributed by atoms with van der Waals surface area (Å²) >= 11 is 1.64. The first-order valence-corrected chi connectivity index (χ1v) is 7.89. The van der Waals surface area contributed by atoms with Gasteiger partial charge in [0.2, 0.25) is 5.95 Å². The number of hydrogen-bond acceptors (Lipinski definition) is 7. The summed E-state index contributed by atoms with van der Waals surface area (Å²) in [5.41, 5.74) is 1.80. The van der Waals surface area contributed by atoms with E-state index >= 15 is 0 Å². The van der Waals surface area contributed by atoms with Crippen LogP contribution in [0, 0.1) is 0 Å². The maximum Gasteiger partial charge on any atom is 0.227 e. The molecule has 0 unspecified atom stereocenters. The highest BCUT2D eigenvalue weighted by Crippen LogP contribution is 2.37. The molecule has 1 fully saturated rings. The smallest absolute Gasteiger partial charge is 0.227 e. The van der Waals surface area contributed by atoms with Gasteiger partial charge in [0.1, 0.15) is 20.6 Å². The standard InChI is InChI=1S/C14H16N6S/c1-19(2)14-17-9-10-13(16-6-5-15-10)21-11(9)12(18-14)20-7-3-4-8-20/h5-6H,3-4,7-8H2,1-2H3. The summed E-state index contributed by atoms with van der Waals surface area (Å²) in [6.45, 7) is 2.13. The Balaban J connectivity index is 2.05. The van der Waals surface area contributed by atoms with E-state index in [1.165, 1.54) is 12.8 Å². The van der Waals surface area contributed by atoms with Crippen molar-refractivity contribution >= 4 is 43.7 Å². The van der Waals surface area contributed by atoms with Crippen LogP contribution in [0.5, 0.6) is 0 Å². The Morgan fingerprint density at radius 1 is 1.05 bits per heavy atom. The number of hydrogen-bond donors (Lipinski definition) is 0. The molecule has 0 N–H and O–H groups in total. The van der Waals surface area contributed by atoms with E-state index in [0.29, 0.717) is 0 Å². The van der Waals surface area contributed by atoms with Crippen LogP contribution in [0.25, 0.3) is 20.6 Å². The summed E-state index contributed by atoms with van der Waals surface area (Å²) in [7, 11) is 3.93. The Morgan fingerprint density at radius 2 is 1.81 bits per heavy atom. The molecule has 0 amide bonds. The van der Waals surface area contributed by atoms with Gasteiger partial charge in [-0.3, -0.25) is 0 Å². The van der Waals surface area contributed by atoms with E-state index in [1.54, 1.807) is 23.7 Å². The highest BCUT2D eigenvalue weighted by atomic mass is 32.1. The van der Waals surface area contributed by atoms with E-state index in [0.717, 1.165) is 45.4 Å². The molecule has 108 valence electrons. The van der Waals surface area contributed by atoms with Gasteiger partial charge in [-0.1, -0.05) is 0 Å². The van der Waals surface area contributed by atoms with Crippen LogP contribution in [0.3, 0.4) is 0 Å². The molecule has 4 rings (SSSR count). The Kier molecular flexibility index (Phi) is 2.88. The lowest BCUT2D eigenvalue weighted by Crippen LogP contribution is -2.21. The van der Waals surface area contributed by atoms with Gasteiger partial charge in [-0.05, 0) is 12.8 Å². The molecule has 4 heterocycles. The maximum atomic E-state index is 4.77. The van der Waals surface area contributed by atoms with Crippen LogP contribution >= 0.6 is 11.3 Å². The zero-order valence-electron chi connectivity index (χ0n) is 12.1. The van der Waals surface area contributed by atoms with Crippen LogP contribution in [-0.4, -0.2) is 47.1 Å². The van der Waals surface area contributed by atoms with Crippen LogP contribution in [0.2, 0.25) is 0 Å². The molecule has 0 aromatic carbocycles. The number of nitrogens with zero attached hydrogens (tertiary/aromatic N) is 6. The molecule has 0 aliphatic carbocycles. The van der Waals surface area contributed by atoms with Gasteiger partial charge in [0, 0.05) is 39.6 Å². The lowest BCUT2D eigenvalue weighted by atomic mass is 10.4. The maximum absolute atomic E-state index is 4.77. The fraction of sp³-hybridized carbons (Fsp3) is 0.429. The number of aromatic nitrogens is 4. The van der Waals surface area contributed by atoms with Crippen LogP contribution < -0.4 is 9.80 Å². The molecule has 0 saturated carbocycles. The van der Waals surface area contributed by atoms with Gasteiger partial charge >= 0.3 is 0 Å². The Morgan fingerprint density at radius 3 is 2.57 bits per heavy atom. The highest BCUT2D eigenvalue weighted by Gasteiger charge is 2.22. The molecular formula is C14H16N6S. The SMILES string of the molecule is CN(C)c1nc(N2CCCC2)c2sc3nccnc3c2n1. The normalized spacial score (nSPS) is 15.2. The molecule has 3 aromatic heterocycles. The Labute approximate surface area is 126 Å². The van der Waals surface area contributed by atoms with Crippen molar-refractivity contribution in [1.29, 1.82) is 0 Å². The summed E-state index contributed by atoms with van der Waals surface area (Å²) in [6, 6.07) is 0. The zero-order valence-corrected chi connectivity index (χ0v) is 12.9. The fourth-order valence-electron chi connectivity index (χ4n) is 2.68. The van der Waals surface area contributed by atoms with Gasteiger partial charge in [-0.15, -0.1) is 11.3 Å². The summed E-state index contributed by atoms with van der Waals surface area (Å²) in [6.07, 6.45) is 5.91. The van der Waals surface area contributed by atoms with Crippen LogP contribution in [0.1, 0.15) is 12.8 Å². The third-order valence-corrected chi connectivity index (χ3v) is 4.80. The minimum Gasteiger partial charge on any atom is -0.355 e. The van der Waals surface area contributed by atoms with E-state index in [1.807, 2.05) is 19.0 Å². The Bertz CT molecular complexity index is 806. The lowest BCUT2D eigenvalue weighted by molar-refractivity contribution is 0.925. The van der Waals surface area contributed by atoms with E-state index < -0.39 is 0 Å². The van der Waals surface area contributed by atoms with Crippen molar-refractivity contribution in [2.45, 2.75) is 12.8 Å². The number of thiophene rings is 1. The third kappa shape index (κ3) is 1.99. The minimum absolute atomic E-state index is 0.731. The second-order valence-electron chi connectivity index (χ2n) is 5.43. The predicted molar refractivity (Wildman–Crippen MR) is 86.3 cm³/mol. The molecule has 21 heavy (non-hydrogen) atoms. The average molecular weight is 300 g/mol. The molecule has 1 saturated heterocycles. The quantitative estimate of drug-likeness (QED) is 0.724. The van der Waals surface area contributed by atoms with Crippen molar-refractivity contribution in [3.05, 3.63) is 12.4 Å². The van der Waals surface area contributed by atoms with Crippen LogP contribution in [-0.2, 0) is 0 Å². The number of fused-ring (bicyclic) bond motifs is 3. The fourth-order valence-corrected chi connectivity index (χ4v) is 3.74. The average Bonchev–Trinajstić information content (AvgIpc) is 3.13. The lowest BCUT2D eigenvalue weighted by Gasteiger charge is -2.19. The van der Waals surface area contributed by atoms with Gasteiger partial charge in [-0.25, -0.2) is 15.0 Å². The largest absolute Gasteiger partial charge is 0.355 e. The first kappa shape index (κ1) is 12.7. The van der Waals surface area contributed by atoms with Gasteiger partial charge in [0.15, 0.2) is 5.82 Å². The van der Waals surface area contributed by atoms with Gasteiger partial charge < -0.3 is 9.80 Å². The van der Waals surface area contributed by atoms with E-state index in [4.69, 9.17) is 9.97 Å². The molecule has 0 atom stereocenters.